The van der Waals surface area contributed by atoms with Gasteiger partial charge in [0.1, 0.15) is 23.5 Å². The third-order valence-electron chi connectivity index (χ3n) is 7.79. The van der Waals surface area contributed by atoms with Crippen molar-refractivity contribution >= 4 is 16.8 Å². The van der Waals surface area contributed by atoms with Crippen molar-refractivity contribution in [3.05, 3.63) is 80.3 Å². The molecule has 3 aromatic rings. The van der Waals surface area contributed by atoms with E-state index in [1.165, 1.54) is 19.1 Å². The zero-order valence-corrected chi connectivity index (χ0v) is 20.4. The van der Waals surface area contributed by atoms with E-state index in [4.69, 9.17) is 4.74 Å². The van der Waals surface area contributed by atoms with Gasteiger partial charge in [-0.3, -0.25) is 14.5 Å². The Morgan fingerprint density at radius 3 is 2.68 bits per heavy atom. The molecule has 5 rings (SSSR count). The Labute approximate surface area is 210 Å². The fraction of sp³-hybridized carbons (Fsp3) is 0.423. The topological polar surface area (TPSA) is 96.4 Å². The summed E-state index contributed by atoms with van der Waals surface area (Å²) in [4.78, 5) is 45.0. The van der Waals surface area contributed by atoms with Crippen LogP contribution >= 0.6 is 0 Å². The van der Waals surface area contributed by atoms with Crippen molar-refractivity contribution in [2.45, 2.75) is 49.9 Å². The predicted molar refractivity (Wildman–Crippen MR) is 130 cm³/mol. The number of carbonyl (C=O) groups excluding carboxylic acids is 1. The lowest BCUT2D eigenvalue weighted by atomic mass is 9.88. The Kier molecular flexibility index (Phi) is 6.45. The highest BCUT2D eigenvalue weighted by Crippen LogP contribution is 2.41. The number of rotatable bonds is 6. The van der Waals surface area contributed by atoms with Crippen molar-refractivity contribution in [2.75, 3.05) is 20.3 Å². The van der Waals surface area contributed by atoms with Gasteiger partial charge < -0.3 is 15.0 Å². The SMILES string of the molecule is C[C@@H](NC(=O)[C@H](C[C@@]12CC[C@@H](COC1)N2C)n1c(=O)[nH]c2ccc(F)cc2c1=O)c1ccc(F)cc1F. The number of carbonyl (C=O) groups is 1. The van der Waals surface area contributed by atoms with Crippen LogP contribution < -0.4 is 16.6 Å². The van der Waals surface area contributed by atoms with Crippen molar-refractivity contribution in [3.63, 3.8) is 0 Å². The van der Waals surface area contributed by atoms with Gasteiger partial charge in [0.2, 0.25) is 5.91 Å². The van der Waals surface area contributed by atoms with Crippen molar-refractivity contribution in [2.24, 2.45) is 0 Å². The zero-order chi connectivity index (χ0) is 26.5. The second kappa shape index (κ2) is 9.46. The van der Waals surface area contributed by atoms with Crippen LogP contribution in [0.3, 0.4) is 0 Å². The molecule has 1 amide bonds. The Morgan fingerprint density at radius 2 is 1.92 bits per heavy atom. The van der Waals surface area contributed by atoms with Crippen LogP contribution in [0.2, 0.25) is 0 Å². The average Bonchev–Trinajstić information content (AvgIpc) is 3.00. The molecule has 37 heavy (non-hydrogen) atoms. The first kappa shape index (κ1) is 25.2. The van der Waals surface area contributed by atoms with Crippen LogP contribution in [0.15, 0.2) is 46.0 Å². The monoisotopic (exact) mass is 516 g/mol. The van der Waals surface area contributed by atoms with Gasteiger partial charge in [-0.05, 0) is 57.5 Å². The molecule has 2 bridgehead atoms. The van der Waals surface area contributed by atoms with Crippen LogP contribution in [0.25, 0.3) is 10.9 Å². The minimum atomic E-state index is -1.31. The average molecular weight is 517 g/mol. The summed E-state index contributed by atoms with van der Waals surface area (Å²) in [7, 11) is 1.93. The molecule has 0 unspecified atom stereocenters. The number of hydrogen-bond acceptors (Lipinski definition) is 5. The van der Waals surface area contributed by atoms with Crippen molar-refractivity contribution in [1.82, 2.24) is 19.8 Å². The van der Waals surface area contributed by atoms with Crippen LogP contribution in [0.5, 0.6) is 0 Å². The van der Waals surface area contributed by atoms with E-state index in [1.54, 1.807) is 0 Å². The van der Waals surface area contributed by atoms with E-state index >= 15 is 0 Å². The fourth-order valence-electron chi connectivity index (χ4n) is 5.64. The van der Waals surface area contributed by atoms with Crippen LogP contribution in [0, 0.1) is 17.5 Å². The van der Waals surface area contributed by atoms with E-state index in [0.717, 1.165) is 29.2 Å². The lowest BCUT2D eigenvalue weighted by Crippen LogP contribution is -2.57. The quantitative estimate of drug-likeness (QED) is 0.526. The zero-order valence-electron chi connectivity index (χ0n) is 20.4. The molecule has 2 aliphatic rings. The lowest BCUT2D eigenvalue weighted by Gasteiger charge is -2.44. The molecule has 0 aliphatic carbocycles. The maximum Gasteiger partial charge on any atom is 0.329 e. The maximum atomic E-state index is 14.4. The molecule has 0 saturated carbocycles. The van der Waals surface area contributed by atoms with E-state index in [9.17, 15) is 27.6 Å². The molecule has 8 nitrogen and oxygen atoms in total. The van der Waals surface area contributed by atoms with Crippen LogP contribution in [0.1, 0.15) is 43.8 Å². The number of amides is 1. The maximum absolute atomic E-state index is 14.4. The molecule has 11 heteroatoms. The number of ether oxygens (including phenoxy) is 1. The molecule has 2 aliphatic heterocycles. The van der Waals surface area contributed by atoms with E-state index in [-0.39, 0.29) is 28.9 Å². The summed E-state index contributed by atoms with van der Waals surface area (Å²) in [6, 6.07) is 4.39. The van der Waals surface area contributed by atoms with Gasteiger partial charge in [-0.25, -0.2) is 22.5 Å². The summed E-state index contributed by atoms with van der Waals surface area (Å²) in [6.45, 7) is 2.38. The van der Waals surface area contributed by atoms with Gasteiger partial charge in [0, 0.05) is 23.2 Å². The molecule has 2 saturated heterocycles. The summed E-state index contributed by atoms with van der Waals surface area (Å²) < 4.78 is 48.4. The number of halogens is 3. The van der Waals surface area contributed by atoms with Crippen LogP contribution in [-0.4, -0.2) is 52.2 Å². The fourth-order valence-corrected chi connectivity index (χ4v) is 5.64. The first-order valence-corrected chi connectivity index (χ1v) is 12.1. The predicted octanol–water partition coefficient (Wildman–Crippen LogP) is 2.78. The van der Waals surface area contributed by atoms with Gasteiger partial charge in [0.15, 0.2) is 0 Å². The third kappa shape index (κ3) is 4.46. The first-order chi connectivity index (χ1) is 17.6. The number of fused-ring (bicyclic) bond motifs is 3. The van der Waals surface area contributed by atoms with Crippen LogP contribution in [-0.2, 0) is 9.53 Å². The summed E-state index contributed by atoms with van der Waals surface area (Å²) in [5, 5.41) is 2.60. The molecule has 4 atom stereocenters. The van der Waals surface area contributed by atoms with Crippen LogP contribution in [0.4, 0.5) is 13.2 Å². The molecule has 2 fully saturated rings. The van der Waals surface area contributed by atoms with Gasteiger partial charge in [0.25, 0.3) is 5.56 Å². The summed E-state index contributed by atoms with van der Waals surface area (Å²) >= 11 is 0. The van der Waals surface area contributed by atoms with Gasteiger partial charge in [-0.1, -0.05) is 6.07 Å². The van der Waals surface area contributed by atoms with Crippen molar-refractivity contribution in [1.29, 1.82) is 0 Å². The van der Waals surface area contributed by atoms with Gasteiger partial charge in [0.05, 0.1) is 30.2 Å². The number of nitrogens with zero attached hydrogens (tertiary/aromatic N) is 2. The van der Waals surface area contributed by atoms with Crippen molar-refractivity contribution < 1.29 is 22.7 Å². The normalized spacial score (nSPS) is 23.2. The number of aromatic amines is 1. The smallest absolute Gasteiger partial charge is 0.329 e. The summed E-state index contributed by atoms with van der Waals surface area (Å²) in [6.07, 6.45) is 1.58. The number of benzene rings is 2. The number of hydrogen-bond donors (Lipinski definition) is 2. The van der Waals surface area contributed by atoms with E-state index in [0.29, 0.717) is 25.7 Å². The molecule has 0 spiro atoms. The van der Waals surface area contributed by atoms with Crippen molar-refractivity contribution in [3.8, 4) is 0 Å². The molecular weight excluding hydrogens is 489 g/mol. The Balaban J connectivity index is 1.58. The van der Waals surface area contributed by atoms with Gasteiger partial charge in [-0.15, -0.1) is 0 Å². The van der Waals surface area contributed by atoms with E-state index in [1.807, 2.05) is 7.05 Å². The minimum absolute atomic E-state index is 0.0487. The molecule has 1 aromatic heterocycles. The van der Waals surface area contributed by atoms with E-state index in [2.05, 4.69) is 15.2 Å². The molecule has 2 aromatic carbocycles. The number of aromatic nitrogens is 2. The first-order valence-electron chi connectivity index (χ1n) is 12.1. The number of morpholine rings is 1. The standard InChI is InChI=1S/C26H27F3N4O4/c1-14(18-5-3-16(28)10-20(18)29)30-23(34)22(11-26-8-7-17(32(26)2)12-37-13-26)33-24(35)19-9-15(27)4-6-21(19)31-25(33)36/h3-6,9-10,14,17,22H,7-8,11-13H2,1-2H3,(H,30,34)(H,31,36)/t14-,17+,22+,26+/m1/s1. The summed E-state index contributed by atoms with van der Waals surface area (Å²) in [5.41, 5.74) is -2.06. The Bertz CT molecular complexity index is 1480. The number of nitrogens with one attached hydrogen (secondary N) is 2. The second-order valence-corrected chi connectivity index (χ2v) is 9.95. The Morgan fingerprint density at radius 1 is 1.19 bits per heavy atom. The highest BCUT2D eigenvalue weighted by Gasteiger charge is 2.50. The molecule has 3 heterocycles. The number of H-pyrrole nitrogens is 1. The molecular formula is C26H27F3N4O4. The number of likely N-dealkylation sites (N-methyl/N-ethyl adjacent to an activating group) is 1. The summed E-state index contributed by atoms with van der Waals surface area (Å²) in [5.74, 6) is -2.95. The largest absolute Gasteiger partial charge is 0.378 e. The highest BCUT2D eigenvalue weighted by molar-refractivity contribution is 5.82. The van der Waals surface area contributed by atoms with Gasteiger partial charge in [-0.2, -0.15) is 0 Å². The minimum Gasteiger partial charge on any atom is -0.378 e. The third-order valence-corrected chi connectivity index (χ3v) is 7.79. The second-order valence-electron chi connectivity index (χ2n) is 9.95. The van der Waals surface area contributed by atoms with E-state index < -0.39 is 52.2 Å². The lowest BCUT2D eigenvalue weighted by molar-refractivity contribution is -0.128. The highest BCUT2D eigenvalue weighted by atomic mass is 19.1. The Hall–Kier alpha value is -3.44. The molecule has 196 valence electrons. The van der Waals surface area contributed by atoms with Gasteiger partial charge >= 0.3 is 5.69 Å². The molecule has 0 radical (unpaired) electrons. The molecule has 2 N–H and O–H groups in total.